The Morgan fingerprint density at radius 3 is 2.68 bits per heavy atom. The molecular formula is C14H9Cl3N4O. The molecule has 0 saturated heterocycles. The Kier molecular flexibility index (Phi) is 4.00. The average Bonchev–Trinajstić information content (AvgIpc) is 3.28. The van der Waals surface area contributed by atoms with Crippen LogP contribution in [-0.2, 0) is 4.79 Å². The van der Waals surface area contributed by atoms with Crippen LogP contribution in [0.15, 0.2) is 12.1 Å². The van der Waals surface area contributed by atoms with E-state index < -0.39 is 0 Å². The Bertz CT molecular complexity index is 805. The molecule has 0 bridgehead atoms. The molecule has 5 nitrogen and oxygen atoms in total. The molecule has 1 saturated carbocycles. The van der Waals surface area contributed by atoms with Gasteiger partial charge in [-0.1, -0.05) is 34.8 Å². The first-order valence-corrected chi connectivity index (χ1v) is 7.59. The normalized spacial score (nSPS) is 13.7. The Balaban J connectivity index is 2.02. The number of hydrogen-bond donors (Lipinski definition) is 2. The highest BCUT2D eigenvalue weighted by atomic mass is 35.5. The number of anilines is 1. The van der Waals surface area contributed by atoms with Gasteiger partial charge >= 0.3 is 0 Å². The number of aromatic amines is 1. The first-order chi connectivity index (χ1) is 10.5. The van der Waals surface area contributed by atoms with E-state index in [-0.39, 0.29) is 33.3 Å². The van der Waals surface area contributed by atoms with Crippen LogP contribution in [0.5, 0.6) is 0 Å². The molecule has 3 rings (SSSR count). The van der Waals surface area contributed by atoms with Crippen molar-refractivity contribution in [2.24, 2.45) is 5.92 Å². The molecule has 112 valence electrons. The Hall–Kier alpha value is -1.74. The third kappa shape index (κ3) is 2.66. The van der Waals surface area contributed by atoms with Crippen molar-refractivity contribution < 1.29 is 4.79 Å². The summed E-state index contributed by atoms with van der Waals surface area (Å²) >= 11 is 18.1. The molecule has 0 unspecified atom stereocenters. The number of nitrogens with one attached hydrogen (secondary N) is 2. The molecular weight excluding hydrogens is 347 g/mol. The predicted octanol–water partition coefficient (Wildman–Crippen LogP) is 4.26. The predicted molar refractivity (Wildman–Crippen MR) is 85.1 cm³/mol. The van der Waals surface area contributed by atoms with Gasteiger partial charge in [0.05, 0.1) is 15.1 Å². The number of hydrogen-bond acceptors (Lipinski definition) is 3. The first-order valence-electron chi connectivity index (χ1n) is 6.46. The number of nitriles is 1. The molecule has 0 atom stereocenters. The lowest BCUT2D eigenvalue weighted by molar-refractivity contribution is -0.117. The number of carbonyl (C=O) groups excluding carboxylic acids is 1. The van der Waals surface area contributed by atoms with E-state index in [1.54, 1.807) is 12.1 Å². The topological polar surface area (TPSA) is 81.6 Å². The Labute approximate surface area is 141 Å². The summed E-state index contributed by atoms with van der Waals surface area (Å²) in [7, 11) is 0. The summed E-state index contributed by atoms with van der Waals surface area (Å²) < 4.78 is 0. The highest BCUT2D eigenvalue weighted by Crippen LogP contribution is 2.39. The smallest absolute Gasteiger partial charge is 0.228 e. The van der Waals surface area contributed by atoms with Crippen molar-refractivity contribution in [1.29, 1.82) is 5.26 Å². The third-order valence-electron chi connectivity index (χ3n) is 3.36. The molecule has 22 heavy (non-hydrogen) atoms. The van der Waals surface area contributed by atoms with Crippen LogP contribution in [0, 0.1) is 17.2 Å². The van der Waals surface area contributed by atoms with Crippen LogP contribution in [0.1, 0.15) is 18.4 Å². The third-order valence-corrected chi connectivity index (χ3v) is 4.66. The number of H-pyrrole nitrogens is 1. The molecule has 1 amide bonds. The van der Waals surface area contributed by atoms with Crippen molar-refractivity contribution in [2.75, 3.05) is 5.32 Å². The van der Waals surface area contributed by atoms with Gasteiger partial charge in [0.25, 0.3) is 0 Å². The van der Waals surface area contributed by atoms with Crippen LogP contribution < -0.4 is 5.32 Å². The van der Waals surface area contributed by atoms with Crippen LogP contribution in [0.25, 0.3) is 11.3 Å². The summed E-state index contributed by atoms with van der Waals surface area (Å²) in [5.74, 6) is 0.162. The summed E-state index contributed by atoms with van der Waals surface area (Å²) in [5.41, 5.74) is 0.988. The molecule has 1 fully saturated rings. The maximum absolute atomic E-state index is 11.8. The summed E-state index contributed by atoms with van der Waals surface area (Å²) in [5, 5.41) is 19.5. The lowest BCUT2D eigenvalue weighted by Crippen LogP contribution is -2.14. The molecule has 1 aromatic heterocycles. The number of nitrogens with zero attached hydrogens (tertiary/aromatic N) is 2. The minimum absolute atomic E-state index is 0.0202. The minimum Gasteiger partial charge on any atom is -0.310 e. The van der Waals surface area contributed by atoms with Gasteiger partial charge in [-0.15, -0.1) is 0 Å². The van der Waals surface area contributed by atoms with E-state index in [9.17, 15) is 10.1 Å². The standard InChI is InChI=1S/C14H9Cl3N4O/c15-9-4-3-7(10(16)11(9)17)12-8(5-18)13(21-20-12)19-14(22)6-1-2-6/h3-4,6H,1-2H2,(H2,19,20,21,22). The van der Waals surface area contributed by atoms with E-state index in [1.165, 1.54) is 0 Å². The monoisotopic (exact) mass is 354 g/mol. The molecule has 1 aromatic carbocycles. The summed E-state index contributed by atoms with van der Waals surface area (Å²) in [4.78, 5) is 11.8. The average molecular weight is 356 g/mol. The molecule has 2 aromatic rings. The van der Waals surface area contributed by atoms with Crippen molar-refractivity contribution in [1.82, 2.24) is 10.2 Å². The maximum Gasteiger partial charge on any atom is 0.228 e. The molecule has 0 spiro atoms. The Morgan fingerprint density at radius 1 is 1.32 bits per heavy atom. The van der Waals surface area contributed by atoms with Gasteiger partial charge in [0.2, 0.25) is 5.91 Å². The zero-order valence-electron chi connectivity index (χ0n) is 11.1. The van der Waals surface area contributed by atoms with Gasteiger partial charge in [-0.2, -0.15) is 10.4 Å². The van der Waals surface area contributed by atoms with E-state index in [0.29, 0.717) is 16.3 Å². The van der Waals surface area contributed by atoms with Gasteiger partial charge in [-0.05, 0) is 25.0 Å². The van der Waals surface area contributed by atoms with Crippen molar-refractivity contribution in [3.05, 3.63) is 32.8 Å². The highest BCUT2D eigenvalue weighted by Gasteiger charge is 2.31. The van der Waals surface area contributed by atoms with Crippen molar-refractivity contribution in [3.63, 3.8) is 0 Å². The second kappa shape index (κ2) is 5.81. The quantitative estimate of drug-likeness (QED) is 0.807. The van der Waals surface area contributed by atoms with Crippen molar-refractivity contribution in [3.8, 4) is 17.3 Å². The van der Waals surface area contributed by atoms with E-state index in [0.717, 1.165) is 12.8 Å². The molecule has 8 heteroatoms. The fourth-order valence-electron chi connectivity index (χ4n) is 2.02. The molecule has 0 aliphatic heterocycles. The molecule has 1 aliphatic carbocycles. The molecule has 1 aliphatic rings. The number of halogens is 3. The van der Waals surface area contributed by atoms with E-state index in [4.69, 9.17) is 34.8 Å². The molecule has 0 radical (unpaired) electrons. The van der Waals surface area contributed by atoms with Gasteiger partial charge < -0.3 is 5.32 Å². The van der Waals surface area contributed by atoms with Crippen LogP contribution in [0.2, 0.25) is 15.1 Å². The fourth-order valence-corrected chi connectivity index (χ4v) is 2.64. The van der Waals surface area contributed by atoms with E-state index in [1.807, 2.05) is 6.07 Å². The minimum atomic E-state index is -0.119. The molecule has 1 heterocycles. The van der Waals surface area contributed by atoms with Gasteiger partial charge in [0.15, 0.2) is 0 Å². The lowest BCUT2D eigenvalue weighted by atomic mass is 10.1. The van der Waals surface area contributed by atoms with E-state index in [2.05, 4.69) is 15.5 Å². The number of carbonyl (C=O) groups is 1. The van der Waals surface area contributed by atoms with Crippen LogP contribution in [0.3, 0.4) is 0 Å². The zero-order valence-corrected chi connectivity index (χ0v) is 13.4. The summed E-state index contributed by atoms with van der Waals surface area (Å²) in [6, 6.07) is 5.22. The van der Waals surface area contributed by atoms with Crippen molar-refractivity contribution >= 4 is 46.5 Å². The Morgan fingerprint density at radius 2 is 2.05 bits per heavy atom. The lowest BCUT2D eigenvalue weighted by Gasteiger charge is -2.05. The zero-order chi connectivity index (χ0) is 15.9. The van der Waals surface area contributed by atoms with Gasteiger partial charge in [0, 0.05) is 11.5 Å². The van der Waals surface area contributed by atoms with Crippen LogP contribution in [-0.4, -0.2) is 16.1 Å². The second-order valence-corrected chi connectivity index (χ2v) is 6.08. The number of rotatable bonds is 3. The summed E-state index contributed by atoms with van der Waals surface area (Å²) in [6.07, 6.45) is 1.74. The SMILES string of the molecule is N#Cc1c(-c2ccc(Cl)c(Cl)c2Cl)n[nH]c1NC(=O)C1CC1. The van der Waals surface area contributed by atoms with Gasteiger partial charge in [-0.25, -0.2) is 0 Å². The summed E-state index contributed by atoms with van der Waals surface area (Å²) in [6.45, 7) is 0. The molecule has 2 N–H and O–H groups in total. The number of aromatic nitrogens is 2. The van der Waals surface area contributed by atoms with Gasteiger partial charge in [-0.3, -0.25) is 9.89 Å². The largest absolute Gasteiger partial charge is 0.310 e. The van der Waals surface area contributed by atoms with E-state index >= 15 is 0 Å². The van der Waals surface area contributed by atoms with Crippen LogP contribution >= 0.6 is 34.8 Å². The van der Waals surface area contributed by atoms with Crippen LogP contribution in [0.4, 0.5) is 5.82 Å². The first kappa shape index (κ1) is 15.2. The fraction of sp³-hybridized carbons (Fsp3) is 0.214. The second-order valence-electron chi connectivity index (χ2n) is 4.92. The highest BCUT2D eigenvalue weighted by molar-refractivity contribution is 6.49. The van der Waals surface area contributed by atoms with Crippen molar-refractivity contribution in [2.45, 2.75) is 12.8 Å². The number of amides is 1. The maximum atomic E-state index is 11.8. The number of benzene rings is 1. The van der Waals surface area contributed by atoms with Gasteiger partial charge in [0.1, 0.15) is 23.1 Å².